The first kappa shape index (κ1) is 18.5. The lowest BCUT2D eigenvalue weighted by Crippen LogP contribution is -2.59. The van der Waals surface area contributed by atoms with E-state index in [1.165, 1.54) is 36.3 Å². The van der Waals surface area contributed by atoms with Crippen LogP contribution in [0, 0.1) is 6.92 Å². The van der Waals surface area contributed by atoms with Gasteiger partial charge in [0.05, 0.1) is 39.3 Å². The summed E-state index contributed by atoms with van der Waals surface area (Å²) in [6, 6.07) is 15.9. The molecule has 1 amide bonds. The average molecular weight is 353 g/mol. The molecule has 1 saturated heterocycles. The molecule has 1 N–H and O–H groups in total. The first-order chi connectivity index (χ1) is 12.5. The number of nitrogens with one attached hydrogen (secondary N) is 1. The minimum atomic E-state index is -0.0616. The van der Waals surface area contributed by atoms with Crippen LogP contribution in [-0.2, 0) is 0 Å². The summed E-state index contributed by atoms with van der Waals surface area (Å²) in [5, 5.41) is 2.97. The zero-order valence-electron chi connectivity index (χ0n) is 16.2. The van der Waals surface area contributed by atoms with Gasteiger partial charge in [-0.25, -0.2) is 0 Å². The number of benzene rings is 2. The molecule has 1 heterocycles. The normalized spacial score (nSPS) is 16.3. The molecular weight excluding hydrogens is 322 g/mol. The van der Waals surface area contributed by atoms with Crippen LogP contribution in [0.2, 0.25) is 0 Å². The summed E-state index contributed by atoms with van der Waals surface area (Å²) in [6.45, 7) is 13.6. The molecule has 0 unspecified atom stereocenters. The molecule has 0 atom stereocenters. The maximum atomic E-state index is 12.4. The Morgan fingerprint density at radius 1 is 1.04 bits per heavy atom. The van der Waals surface area contributed by atoms with E-state index in [0.29, 0.717) is 5.56 Å². The van der Waals surface area contributed by atoms with Gasteiger partial charge in [-0.1, -0.05) is 12.1 Å². The number of aryl methyl sites for hydroxylation is 1. The standard InChI is InChI=1S/C22H29N3O/c1-4-25(5-2)15-13-24(14-16-25)21-11-9-19(10-12-21)22(26)23-20-8-6-7-18(3)17-20/h6-12,17H,4-5,13-16H2,1-3H3/p+1. The third-order valence-electron chi connectivity index (χ3n) is 5.80. The highest BCUT2D eigenvalue weighted by molar-refractivity contribution is 6.04. The molecule has 0 saturated carbocycles. The molecule has 26 heavy (non-hydrogen) atoms. The van der Waals surface area contributed by atoms with E-state index in [-0.39, 0.29) is 5.91 Å². The number of quaternary nitrogens is 1. The summed E-state index contributed by atoms with van der Waals surface area (Å²) in [7, 11) is 0. The van der Waals surface area contributed by atoms with E-state index in [4.69, 9.17) is 0 Å². The van der Waals surface area contributed by atoms with Crippen LogP contribution in [0.15, 0.2) is 48.5 Å². The number of carbonyl (C=O) groups excluding carboxylic acids is 1. The van der Waals surface area contributed by atoms with E-state index in [1.54, 1.807) is 0 Å². The van der Waals surface area contributed by atoms with Crippen LogP contribution >= 0.6 is 0 Å². The molecule has 1 aliphatic rings. The van der Waals surface area contributed by atoms with Gasteiger partial charge in [-0.3, -0.25) is 4.79 Å². The molecule has 4 nitrogen and oxygen atoms in total. The lowest BCUT2D eigenvalue weighted by Gasteiger charge is -2.44. The quantitative estimate of drug-likeness (QED) is 0.827. The zero-order valence-corrected chi connectivity index (χ0v) is 16.2. The second-order valence-corrected chi connectivity index (χ2v) is 7.28. The molecule has 2 aromatic rings. The van der Waals surface area contributed by atoms with Crippen molar-refractivity contribution >= 4 is 17.3 Å². The van der Waals surface area contributed by atoms with Crippen molar-refractivity contribution in [2.24, 2.45) is 0 Å². The number of likely N-dealkylation sites (N-methyl/N-ethyl adjacent to an activating group) is 1. The second-order valence-electron chi connectivity index (χ2n) is 7.28. The Morgan fingerprint density at radius 2 is 1.69 bits per heavy atom. The third kappa shape index (κ3) is 4.07. The number of hydrogen-bond donors (Lipinski definition) is 1. The number of nitrogens with zero attached hydrogens (tertiary/aromatic N) is 2. The van der Waals surface area contributed by atoms with Crippen molar-refractivity contribution in [1.82, 2.24) is 0 Å². The van der Waals surface area contributed by atoms with E-state index >= 15 is 0 Å². The number of amides is 1. The summed E-state index contributed by atoms with van der Waals surface area (Å²) in [5.74, 6) is -0.0616. The van der Waals surface area contributed by atoms with Crippen molar-refractivity contribution in [3.05, 3.63) is 59.7 Å². The number of piperazine rings is 1. The van der Waals surface area contributed by atoms with E-state index in [2.05, 4.69) is 36.2 Å². The Kier molecular flexibility index (Phi) is 5.62. The van der Waals surface area contributed by atoms with Gasteiger partial charge in [0.25, 0.3) is 5.91 Å². The lowest BCUT2D eigenvalue weighted by molar-refractivity contribution is -0.925. The Labute approximate surface area is 157 Å². The van der Waals surface area contributed by atoms with Crippen molar-refractivity contribution < 1.29 is 9.28 Å². The van der Waals surface area contributed by atoms with Crippen LogP contribution < -0.4 is 10.2 Å². The maximum Gasteiger partial charge on any atom is 0.255 e. The minimum absolute atomic E-state index is 0.0616. The van der Waals surface area contributed by atoms with E-state index in [1.807, 2.05) is 43.3 Å². The predicted octanol–water partition coefficient (Wildman–Crippen LogP) is 3.92. The van der Waals surface area contributed by atoms with Gasteiger partial charge in [-0.15, -0.1) is 0 Å². The average Bonchev–Trinajstić information content (AvgIpc) is 2.68. The molecule has 2 aromatic carbocycles. The minimum Gasteiger partial charge on any atom is -0.360 e. The van der Waals surface area contributed by atoms with Gasteiger partial charge in [0, 0.05) is 16.9 Å². The van der Waals surface area contributed by atoms with Crippen LogP contribution in [-0.4, -0.2) is 49.7 Å². The van der Waals surface area contributed by atoms with E-state index in [9.17, 15) is 4.79 Å². The van der Waals surface area contributed by atoms with Gasteiger partial charge >= 0.3 is 0 Å². The molecule has 0 bridgehead atoms. The fourth-order valence-corrected chi connectivity index (χ4v) is 3.75. The van der Waals surface area contributed by atoms with Crippen molar-refractivity contribution in [2.45, 2.75) is 20.8 Å². The van der Waals surface area contributed by atoms with E-state index < -0.39 is 0 Å². The van der Waals surface area contributed by atoms with Gasteiger partial charge in [0.15, 0.2) is 0 Å². The predicted molar refractivity (Wildman–Crippen MR) is 109 cm³/mol. The van der Waals surface area contributed by atoms with E-state index in [0.717, 1.165) is 24.3 Å². The van der Waals surface area contributed by atoms with Crippen LogP contribution in [0.4, 0.5) is 11.4 Å². The highest BCUT2D eigenvalue weighted by Gasteiger charge is 2.29. The van der Waals surface area contributed by atoms with Crippen molar-refractivity contribution in [3.63, 3.8) is 0 Å². The molecule has 0 aliphatic carbocycles. The molecule has 4 heteroatoms. The first-order valence-corrected chi connectivity index (χ1v) is 9.63. The zero-order chi connectivity index (χ0) is 18.6. The highest BCUT2D eigenvalue weighted by Crippen LogP contribution is 2.21. The van der Waals surface area contributed by atoms with Crippen molar-refractivity contribution in [1.29, 1.82) is 0 Å². The van der Waals surface area contributed by atoms with Crippen LogP contribution in [0.25, 0.3) is 0 Å². The fraction of sp³-hybridized carbons (Fsp3) is 0.409. The number of anilines is 2. The number of rotatable bonds is 5. The highest BCUT2D eigenvalue weighted by atomic mass is 16.1. The largest absolute Gasteiger partial charge is 0.360 e. The monoisotopic (exact) mass is 352 g/mol. The van der Waals surface area contributed by atoms with Gasteiger partial charge in [-0.2, -0.15) is 0 Å². The summed E-state index contributed by atoms with van der Waals surface area (Å²) in [4.78, 5) is 14.9. The first-order valence-electron chi connectivity index (χ1n) is 9.63. The molecule has 0 aromatic heterocycles. The van der Waals surface area contributed by atoms with Crippen LogP contribution in [0.5, 0.6) is 0 Å². The smallest absolute Gasteiger partial charge is 0.255 e. The summed E-state index contributed by atoms with van der Waals surface area (Å²) in [5.41, 5.74) is 3.88. The maximum absolute atomic E-state index is 12.4. The number of hydrogen-bond acceptors (Lipinski definition) is 2. The fourth-order valence-electron chi connectivity index (χ4n) is 3.75. The lowest BCUT2D eigenvalue weighted by atomic mass is 10.1. The van der Waals surface area contributed by atoms with Crippen molar-refractivity contribution in [2.75, 3.05) is 49.5 Å². The van der Waals surface area contributed by atoms with Crippen LogP contribution in [0.3, 0.4) is 0 Å². The Balaban J connectivity index is 1.63. The van der Waals surface area contributed by atoms with Gasteiger partial charge in [-0.05, 0) is 62.7 Å². The van der Waals surface area contributed by atoms with Crippen LogP contribution in [0.1, 0.15) is 29.8 Å². The molecule has 1 fully saturated rings. The van der Waals surface area contributed by atoms with Gasteiger partial charge in [0.2, 0.25) is 0 Å². The third-order valence-corrected chi connectivity index (χ3v) is 5.80. The second kappa shape index (κ2) is 7.92. The summed E-state index contributed by atoms with van der Waals surface area (Å²) >= 11 is 0. The van der Waals surface area contributed by atoms with Gasteiger partial charge < -0.3 is 14.7 Å². The molecule has 0 spiro atoms. The Hall–Kier alpha value is -2.33. The SMILES string of the molecule is CC[N+]1(CC)CCN(c2ccc(C(=O)Nc3cccc(C)c3)cc2)CC1. The Bertz CT molecular complexity index is 740. The molecular formula is C22H30N3O+. The molecule has 138 valence electrons. The van der Waals surface area contributed by atoms with Gasteiger partial charge in [0.1, 0.15) is 0 Å². The molecule has 1 aliphatic heterocycles. The topological polar surface area (TPSA) is 32.3 Å². The molecule has 0 radical (unpaired) electrons. The number of carbonyl (C=O) groups is 1. The molecule has 3 rings (SSSR count). The van der Waals surface area contributed by atoms with Crippen molar-refractivity contribution in [3.8, 4) is 0 Å². The Morgan fingerprint density at radius 3 is 2.27 bits per heavy atom. The summed E-state index contributed by atoms with van der Waals surface area (Å²) in [6.07, 6.45) is 0. The summed E-state index contributed by atoms with van der Waals surface area (Å²) < 4.78 is 1.22.